The first-order valence-electron chi connectivity index (χ1n) is 11.2. The predicted octanol–water partition coefficient (Wildman–Crippen LogP) is -1.51. The number of carboxylic acid groups (broad SMARTS) is 2. The van der Waals surface area contributed by atoms with Crippen LogP contribution in [0.1, 0.15) is 38.7 Å². The summed E-state index contributed by atoms with van der Waals surface area (Å²) in [5.74, 6) is -6.38. The van der Waals surface area contributed by atoms with Gasteiger partial charge in [-0.1, -0.05) is 44.2 Å². The monoisotopic (exact) mass is 507 g/mol. The number of aliphatic carboxylic acids is 2. The fraction of sp³-hybridized carbons (Fsp3) is 0.478. The first kappa shape index (κ1) is 30.0. The number of nitrogens with one attached hydrogen (secondary N) is 3. The van der Waals surface area contributed by atoms with Gasteiger partial charge in [0.05, 0.1) is 12.5 Å². The van der Waals surface area contributed by atoms with Crippen molar-refractivity contribution < 1.29 is 39.0 Å². The van der Waals surface area contributed by atoms with Gasteiger partial charge < -0.3 is 37.6 Å². The van der Waals surface area contributed by atoms with Gasteiger partial charge in [-0.25, -0.2) is 4.79 Å². The van der Waals surface area contributed by atoms with Gasteiger partial charge in [0.2, 0.25) is 23.6 Å². The van der Waals surface area contributed by atoms with Gasteiger partial charge in [0, 0.05) is 12.8 Å². The number of hydrogen-bond donors (Lipinski definition) is 7. The number of benzene rings is 1. The summed E-state index contributed by atoms with van der Waals surface area (Å²) in [5.41, 5.74) is 11.3. The molecule has 0 saturated carbocycles. The van der Waals surface area contributed by atoms with E-state index in [-0.39, 0.29) is 19.3 Å². The molecule has 0 aliphatic carbocycles. The molecule has 0 unspecified atom stereocenters. The van der Waals surface area contributed by atoms with Crippen LogP contribution in [0.2, 0.25) is 0 Å². The Kier molecular flexibility index (Phi) is 12.0. The Morgan fingerprint density at radius 2 is 1.44 bits per heavy atom. The van der Waals surface area contributed by atoms with Crippen LogP contribution < -0.4 is 27.4 Å². The van der Waals surface area contributed by atoms with E-state index in [2.05, 4.69) is 16.0 Å². The molecule has 9 N–H and O–H groups in total. The van der Waals surface area contributed by atoms with Crippen LogP contribution in [0.4, 0.5) is 0 Å². The molecular weight excluding hydrogens is 474 g/mol. The summed E-state index contributed by atoms with van der Waals surface area (Å²) >= 11 is 0. The zero-order valence-corrected chi connectivity index (χ0v) is 20.1. The third-order valence-electron chi connectivity index (χ3n) is 5.19. The molecule has 0 bridgehead atoms. The highest BCUT2D eigenvalue weighted by molar-refractivity contribution is 5.95. The number of nitrogens with two attached hydrogens (primary N) is 2. The summed E-state index contributed by atoms with van der Waals surface area (Å²) in [6.45, 7) is 3.24. The van der Waals surface area contributed by atoms with E-state index in [0.29, 0.717) is 5.56 Å². The molecule has 4 atom stereocenters. The van der Waals surface area contributed by atoms with E-state index in [1.165, 1.54) is 0 Å². The second-order valence-electron chi connectivity index (χ2n) is 8.59. The molecule has 1 aromatic carbocycles. The Hall–Kier alpha value is -4.00. The largest absolute Gasteiger partial charge is 0.481 e. The van der Waals surface area contributed by atoms with Gasteiger partial charge in [0.15, 0.2) is 0 Å². The zero-order chi connectivity index (χ0) is 27.4. The number of rotatable bonds is 15. The van der Waals surface area contributed by atoms with E-state index >= 15 is 0 Å². The van der Waals surface area contributed by atoms with Crippen LogP contribution in [0.25, 0.3) is 0 Å². The zero-order valence-electron chi connectivity index (χ0n) is 20.1. The van der Waals surface area contributed by atoms with E-state index < -0.39 is 72.1 Å². The van der Waals surface area contributed by atoms with Crippen molar-refractivity contribution in [3.63, 3.8) is 0 Å². The summed E-state index contributed by atoms with van der Waals surface area (Å²) in [4.78, 5) is 71.9. The van der Waals surface area contributed by atoms with E-state index in [1.807, 2.05) is 0 Å². The molecule has 198 valence electrons. The molecule has 1 rings (SSSR count). The molecule has 0 aliphatic rings. The van der Waals surface area contributed by atoms with Crippen LogP contribution in [0, 0.1) is 5.92 Å². The van der Waals surface area contributed by atoms with Crippen molar-refractivity contribution in [3.8, 4) is 0 Å². The van der Waals surface area contributed by atoms with Crippen molar-refractivity contribution in [3.05, 3.63) is 35.9 Å². The average Bonchev–Trinajstić information content (AvgIpc) is 2.79. The van der Waals surface area contributed by atoms with Gasteiger partial charge in [0.25, 0.3) is 0 Å². The highest BCUT2D eigenvalue weighted by Crippen LogP contribution is 2.08. The summed E-state index contributed by atoms with van der Waals surface area (Å²) in [6, 6.07) is 3.41. The molecule has 0 aromatic heterocycles. The molecule has 13 heteroatoms. The highest BCUT2D eigenvalue weighted by atomic mass is 16.4. The number of primary amides is 1. The van der Waals surface area contributed by atoms with Crippen molar-refractivity contribution in [1.82, 2.24) is 16.0 Å². The fourth-order valence-electron chi connectivity index (χ4n) is 3.22. The maximum atomic E-state index is 12.9. The van der Waals surface area contributed by atoms with E-state index in [1.54, 1.807) is 44.2 Å². The van der Waals surface area contributed by atoms with E-state index in [4.69, 9.17) is 16.6 Å². The first-order chi connectivity index (χ1) is 16.8. The molecule has 13 nitrogen and oxygen atoms in total. The Bertz CT molecular complexity index is 953. The van der Waals surface area contributed by atoms with Crippen molar-refractivity contribution in [2.45, 2.75) is 63.7 Å². The molecule has 1 aromatic rings. The summed E-state index contributed by atoms with van der Waals surface area (Å²) in [5, 5.41) is 25.5. The lowest BCUT2D eigenvalue weighted by molar-refractivity contribution is -0.142. The lowest BCUT2D eigenvalue weighted by atomic mass is 10.00. The molecule has 0 heterocycles. The lowest BCUT2D eigenvalue weighted by Crippen LogP contribution is -2.58. The molecule has 0 saturated heterocycles. The normalized spacial score (nSPS) is 14.1. The van der Waals surface area contributed by atoms with Gasteiger partial charge in [-0.3, -0.25) is 24.0 Å². The van der Waals surface area contributed by atoms with Crippen molar-refractivity contribution in [1.29, 1.82) is 0 Å². The minimum atomic E-state index is -1.45. The van der Waals surface area contributed by atoms with Crippen LogP contribution in [0.3, 0.4) is 0 Å². The number of carbonyl (C=O) groups is 6. The van der Waals surface area contributed by atoms with Crippen LogP contribution in [0.5, 0.6) is 0 Å². The molecule has 36 heavy (non-hydrogen) atoms. The van der Waals surface area contributed by atoms with Crippen molar-refractivity contribution >= 4 is 35.6 Å². The second-order valence-corrected chi connectivity index (χ2v) is 8.59. The van der Waals surface area contributed by atoms with Gasteiger partial charge in [-0.2, -0.15) is 0 Å². The fourth-order valence-corrected chi connectivity index (χ4v) is 3.22. The van der Waals surface area contributed by atoms with Gasteiger partial charge >= 0.3 is 11.9 Å². The maximum absolute atomic E-state index is 12.9. The van der Waals surface area contributed by atoms with Gasteiger partial charge in [-0.05, 0) is 17.9 Å². The molecule has 0 radical (unpaired) electrons. The number of hydrogen-bond acceptors (Lipinski definition) is 7. The van der Waals surface area contributed by atoms with Crippen molar-refractivity contribution in [2.24, 2.45) is 17.4 Å². The third-order valence-corrected chi connectivity index (χ3v) is 5.19. The average molecular weight is 508 g/mol. The number of carboxylic acids is 2. The topological polar surface area (TPSA) is 231 Å². The second kappa shape index (κ2) is 14.4. The Balaban J connectivity index is 2.98. The maximum Gasteiger partial charge on any atom is 0.326 e. The molecule has 0 fully saturated rings. The van der Waals surface area contributed by atoms with Crippen LogP contribution >= 0.6 is 0 Å². The van der Waals surface area contributed by atoms with E-state index in [0.717, 1.165) is 0 Å². The number of amides is 4. The molecule has 0 aliphatic heterocycles. The first-order valence-corrected chi connectivity index (χ1v) is 11.2. The minimum absolute atomic E-state index is 0.0133. The van der Waals surface area contributed by atoms with Crippen LogP contribution in [-0.4, -0.2) is 69.9 Å². The lowest BCUT2D eigenvalue weighted by Gasteiger charge is -2.27. The van der Waals surface area contributed by atoms with Crippen molar-refractivity contribution in [2.75, 3.05) is 0 Å². The third kappa shape index (κ3) is 10.5. The quantitative estimate of drug-likeness (QED) is 0.146. The number of carbonyl (C=O) groups excluding carboxylic acids is 4. The highest BCUT2D eigenvalue weighted by Gasteiger charge is 2.32. The smallest absolute Gasteiger partial charge is 0.326 e. The van der Waals surface area contributed by atoms with Crippen LogP contribution in [0.15, 0.2) is 30.3 Å². The summed E-state index contributed by atoms with van der Waals surface area (Å²) in [7, 11) is 0. The standard InChI is InChI=1S/C23H33N5O8/c1-12(2)19(22(34)27-16(23(35)36)10-13-6-4-3-5-7-13)28-21(33)15(8-9-17(25)29)26-20(32)14(24)11-18(30)31/h3-7,12,14-16,19H,8-11,24H2,1-2H3,(H2,25,29)(H,26,32)(H,27,34)(H,28,33)(H,30,31)(H,35,36)/t14-,15-,16-,19-/m0/s1. The summed E-state index contributed by atoms with van der Waals surface area (Å²) in [6.07, 6.45) is -1.20. The van der Waals surface area contributed by atoms with E-state index in [9.17, 15) is 33.9 Å². The summed E-state index contributed by atoms with van der Waals surface area (Å²) < 4.78 is 0. The SMILES string of the molecule is CC(C)[C@H](NC(=O)[C@H](CCC(N)=O)NC(=O)[C@@H](N)CC(=O)O)C(=O)N[C@@H](Cc1ccccc1)C(=O)O. The molecule has 0 spiro atoms. The Morgan fingerprint density at radius 1 is 0.861 bits per heavy atom. The van der Waals surface area contributed by atoms with Gasteiger partial charge in [-0.15, -0.1) is 0 Å². The Labute approximate surface area is 208 Å². The van der Waals surface area contributed by atoms with Crippen LogP contribution in [-0.2, 0) is 35.2 Å². The van der Waals surface area contributed by atoms with Gasteiger partial charge in [0.1, 0.15) is 18.1 Å². The predicted molar refractivity (Wildman–Crippen MR) is 127 cm³/mol. The molecule has 4 amide bonds. The Morgan fingerprint density at radius 3 is 1.94 bits per heavy atom. The minimum Gasteiger partial charge on any atom is -0.481 e. The molecular formula is C23H33N5O8.